The van der Waals surface area contributed by atoms with Crippen LogP contribution in [0.2, 0.25) is 0 Å². The zero-order valence-electron chi connectivity index (χ0n) is 14.9. The molecule has 0 saturated carbocycles. The smallest absolute Gasteiger partial charge is 0.258 e. The van der Waals surface area contributed by atoms with Gasteiger partial charge in [-0.25, -0.2) is 4.39 Å². The molecule has 1 amide bonds. The van der Waals surface area contributed by atoms with Crippen LogP contribution < -0.4 is 9.80 Å². The topological polar surface area (TPSA) is 26.8 Å². The molecule has 2 aromatic rings. The predicted molar refractivity (Wildman–Crippen MR) is 102 cm³/mol. The molecule has 2 aliphatic rings. The van der Waals surface area contributed by atoms with Gasteiger partial charge in [0.25, 0.3) is 5.91 Å². The van der Waals surface area contributed by atoms with Crippen molar-refractivity contribution in [2.24, 2.45) is 0 Å². The van der Waals surface area contributed by atoms with E-state index in [2.05, 4.69) is 15.9 Å². The minimum absolute atomic E-state index is 0.142. The number of rotatable bonds is 4. The molecule has 2 aromatic carbocycles. The second kappa shape index (κ2) is 7.46. The summed E-state index contributed by atoms with van der Waals surface area (Å²) in [6, 6.07) is 14.0. The van der Waals surface area contributed by atoms with Gasteiger partial charge in [0.15, 0.2) is 0 Å². The number of nitrogens with zero attached hydrogens (tertiary/aromatic N) is 3. The zero-order chi connectivity index (χ0) is 17.9. The fourth-order valence-electron chi connectivity index (χ4n) is 3.91. The minimum Gasteiger partial charge on any atom is -0.367 e. The van der Waals surface area contributed by atoms with Gasteiger partial charge in [-0.2, -0.15) is 0 Å². The average Bonchev–Trinajstić information content (AvgIpc) is 3.19. The van der Waals surface area contributed by atoms with E-state index in [1.165, 1.54) is 38.1 Å². The lowest BCUT2D eigenvalue weighted by Gasteiger charge is -2.38. The molecule has 0 aliphatic carbocycles. The molecule has 2 heterocycles. The van der Waals surface area contributed by atoms with Crippen LogP contribution in [-0.4, -0.2) is 50.1 Å². The van der Waals surface area contributed by atoms with E-state index in [9.17, 15) is 9.18 Å². The summed E-state index contributed by atoms with van der Waals surface area (Å²) in [5.74, 6) is -0.524. The first-order valence-corrected chi connectivity index (χ1v) is 9.36. The Kier molecular flexibility index (Phi) is 4.89. The number of fused-ring (bicyclic) bond motifs is 1. The first kappa shape index (κ1) is 17.0. The fourth-order valence-corrected chi connectivity index (χ4v) is 3.91. The first-order valence-electron chi connectivity index (χ1n) is 9.36. The van der Waals surface area contributed by atoms with Crippen LogP contribution in [0, 0.1) is 5.82 Å². The van der Waals surface area contributed by atoms with E-state index in [4.69, 9.17) is 0 Å². The summed E-state index contributed by atoms with van der Waals surface area (Å²) in [5.41, 5.74) is 2.39. The average molecular weight is 353 g/mol. The molecule has 5 heteroatoms. The van der Waals surface area contributed by atoms with Crippen LogP contribution in [0.5, 0.6) is 0 Å². The molecular weight excluding hydrogens is 329 g/mol. The summed E-state index contributed by atoms with van der Waals surface area (Å²) in [4.78, 5) is 19.6. The van der Waals surface area contributed by atoms with E-state index < -0.39 is 0 Å². The molecule has 1 fully saturated rings. The van der Waals surface area contributed by atoms with Gasteiger partial charge in [-0.15, -0.1) is 0 Å². The van der Waals surface area contributed by atoms with E-state index >= 15 is 0 Å². The van der Waals surface area contributed by atoms with Gasteiger partial charge in [0.1, 0.15) is 5.82 Å². The molecule has 0 aromatic heterocycles. The van der Waals surface area contributed by atoms with Gasteiger partial charge in [-0.05, 0) is 56.3 Å². The summed E-state index contributed by atoms with van der Waals surface area (Å²) in [7, 11) is 0. The highest BCUT2D eigenvalue weighted by atomic mass is 19.1. The monoisotopic (exact) mass is 353 g/mol. The van der Waals surface area contributed by atoms with Crippen LogP contribution in [0.4, 0.5) is 15.8 Å². The van der Waals surface area contributed by atoms with E-state index in [-0.39, 0.29) is 11.7 Å². The molecule has 0 spiro atoms. The lowest BCUT2D eigenvalue weighted by atomic mass is 10.1. The summed E-state index contributed by atoms with van der Waals surface area (Å²) in [6.07, 6.45) is 2.60. The quantitative estimate of drug-likeness (QED) is 0.843. The van der Waals surface area contributed by atoms with Crippen molar-refractivity contribution in [1.82, 2.24) is 4.90 Å². The second-order valence-corrected chi connectivity index (χ2v) is 6.99. The molecule has 26 heavy (non-hydrogen) atoms. The standard InChI is InChI=1S/C21H24FN3O/c22-18-7-5-6-17(16-18)21(26)25-15-14-24(13-12-23-10-3-4-11-23)19-8-1-2-9-20(19)25/h1-2,5-9,16H,3-4,10-15H2. The SMILES string of the molecule is O=C(c1cccc(F)c1)N1CCN(CCN2CCCC2)c2ccccc21. The Morgan fingerprint density at radius 1 is 0.885 bits per heavy atom. The minimum atomic E-state index is -0.381. The van der Waals surface area contributed by atoms with E-state index in [0.29, 0.717) is 12.1 Å². The molecular formula is C21H24FN3O. The van der Waals surface area contributed by atoms with Gasteiger partial charge in [-0.1, -0.05) is 18.2 Å². The highest BCUT2D eigenvalue weighted by molar-refractivity contribution is 6.08. The van der Waals surface area contributed by atoms with Gasteiger partial charge in [0.2, 0.25) is 0 Å². The normalized spacial score (nSPS) is 17.4. The lowest BCUT2D eigenvalue weighted by molar-refractivity contribution is 0.0986. The molecule has 2 aliphatic heterocycles. The summed E-state index contributed by atoms with van der Waals surface area (Å²) in [6.45, 7) is 5.84. The van der Waals surface area contributed by atoms with Crippen LogP contribution in [0.25, 0.3) is 0 Å². The van der Waals surface area contributed by atoms with E-state index in [1.807, 2.05) is 18.2 Å². The summed E-state index contributed by atoms with van der Waals surface area (Å²) >= 11 is 0. The van der Waals surface area contributed by atoms with Crippen LogP contribution in [0.15, 0.2) is 48.5 Å². The molecule has 4 nitrogen and oxygen atoms in total. The van der Waals surface area contributed by atoms with Crippen molar-refractivity contribution < 1.29 is 9.18 Å². The molecule has 0 N–H and O–H groups in total. The highest BCUT2D eigenvalue weighted by Crippen LogP contribution is 2.33. The number of carbonyl (C=O) groups excluding carboxylic acids is 1. The number of hydrogen-bond donors (Lipinski definition) is 0. The zero-order valence-corrected chi connectivity index (χ0v) is 14.9. The Morgan fingerprint density at radius 3 is 2.42 bits per heavy atom. The molecule has 4 rings (SSSR count). The Balaban J connectivity index is 1.54. The number of hydrogen-bond acceptors (Lipinski definition) is 3. The summed E-state index contributed by atoms with van der Waals surface area (Å²) < 4.78 is 13.5. The van der Waals surface area contributed by atoms with Crippen LogP contribution in [0.1, 0.15) is 23.2 Å². The maximum absolute atomic E-state index is 13.5. The number of halogens is 1. The summed E-state index contributed by atoms with van der Waals surface area (Å²) in [5, 5.41) is 0. The maximum atomic E-state index is 13.5. The molecule has 0 radical (unpaired) electrons. The molecule has 136 valence electrons. The third-order valence-electron chi connectivity index (χ3n) is 5.31. The maximum Gasteiger partial charge on any atom is 0.258 e. The number of likely N-dealkylation sites (tertiary alicyclic amines) is 1. The van der Waals surface area contributed by atoms with Crippen LogP contribution in [-0.2, 0) is 0 Å². The van der Waals surface area contributed by atoms with Gasteiger partial charge in [-0.3, -0.25) is 4.79 Å². The van der Waals surface area contributed by atoms with Crippen LogP contribution >= 0.6 is 0 Å². The van der Waals surface area contributed by atoms with Crippen molar-refractivity contribution in [2.75, 3.05) is 49.1 Å². The van der Waals surface area contributed by atoms with Gasteiger partial charge < -0.3 is 14.7 Å². The van der Waals surface area contributed by atoms with Crippen molar-refractivity contribution in [3.05, 3.63) is 59.9 Å². The molecule has 0 unspecified atom stereocenters. The van der Waals surface area contributed by atoms with Crippen molar-refractivity contribution >= 4 is 17.3 Å². The largest absolute Gasteiger partial charge is 0.367 e. The van der Waals surface area contributed by atoms with Crippen molar-refractivity contribution in [3.8, 4) is 0 Å². The first-order chi connectivity index (χ1) is 12.7. The van der Waals surface area contributed by atoms with Crippen molar-refractivity contribution in [1.29, 1.82) is 0 Å². The number of anilines is 2. The Labute approximate surface area is 153 Å². The Hall–Kier alpha value is -2.40. The highest BCUT2D eigenvalue weighted by Gasteiger charge is 2.27. The molecule has 0 atom stereocenters. The van der Waals surface area contributed by atoms with Gasteiger partial charge in [0.05, 0.1) is 11.4 Å². The van der Waals surface area contributed by atoms with E-state index in [1.54, 1.807) is 17.0 Å². The van der Waals surface area contributed by atoms with E-state index in [0.717, 1.165) is 31.0 Å². The second-order valence-electron chi connectivity index (χ2n) is 6.99. The lowest BCUT2D eigenvalue weighted by Crippen LogP contribution is -2.46. The number of para-hydroxylation sites is 2. The number of amides is 1. The van der Waals surface area contributed by atoms with Crippen molar-refractivity contribution in [2.45, 2.75) is 12.8 Å². The number of benzene rings is 2. The third-order valence-corrected chi connectivity index (χ3v) is 5.31. The van der Waals surface area contributed by atoms with Crippen LogP contribution in [0.3, 0.4) is 0 Å². The van der Waals surface area contributed by atoms with Gasteiger partial charge >= 0.3 is 0 Å². The molecule has 0 bridgehead atoms. The predicted octanol–water partition coefficient (Wildman–Crippen LogP) is 3.39. The number of carbonyl (C=O) groups is 1. The van der Waals surface area contributed by atoms with Crippen molar-refractivity contribution in [3.63, 3.8) is 0 Å². The molecule has 1 saturated heterocycles. The fraction of sp³-hybridized carbons (Fsp3) is 0.381. The Bertz CT molecular complexity index is 788. The third kappa shape index (κ3) is 3.44. The van der Waals surface area contributed by atoms with Gasteiger partial charge in [0, 0.05) is 31.7 Å². The Morgan fingerprint density at radius 2 is 1.65 bits per heavy atom.